The molecule has 0 saturated heterocycles. The van der Waals surface area contributed by atoms with Crippen LogP contribution in [0.2, 0.25) is 0 Å². The van der Waals surface area contributed by atoms with Crippen LogP contribution in [0.3, 0.4) is 0 Å². The second kappa shape index (κ2) is 4.75. The maximum atomic E-state index is 9.75. The fraction of sp³-hybridized carbons (Fsp3) is 0.368. The van der Waals surface area contributed by atoms with E-state index in [1.807, 2.05) is 12.1 Å². The fourth-order valence-electron chi connectivity index (χ4n) is 4.19. The first kappa shape index (κ1) is 13.6. The molecule has 114 valence electrons. The van der Waals surface area contributed by atoms with Gasteiger partial charge in [-0.1, -0.05) is 0 Å². The predicted molar refractivity (Wildman–Crippen MR) is 86.0 cm³/mol. The largest absolute Gasteiger partial charge is 0.508 e. The van der Waals surface area contributed by atoms with E-state index in [-0.39, 0.29) is 0 Å². The van der Waals surface area contributed by atoms with Crippen LogP contribution in [-0.4, -0.2) is 30.3 Å². The van der Waals surface area contributed by atoms with Crippen molar-refractivity contribution in [2.24, 2.45) is 0 Å². The summed E-state index contributed by atoms with van der Waals surface area (Å²) in [7, 11) is 4.09. The number of ether oxygens (including phenoxy) is 1. The molecule has 2 aromatic rings. The number of hydrogen-bond donors (Lipinski definition) is 1. The Balaban J connectivity index is 1.80. The number of hydrogen-bond acceptors (Lipinski definition) is 2. The van der Waals surface area contributed by atoms with Crippen molar-refractivity contribution in [3.8, 4) is 11.5 Å². The Morgan fingerprint density at radius 1 is 1.09 bits per heavy atom. The zero-order valence-electron chi connectivity index (χ0n) is 13.2. The van der Waals surface area contributed by atoms with Crippen LogP contribution in [-0.2, 0) is 19.4 Å². The highest BCUT2D eigenvalue weighted by molar-refractivity contribution is 5.42. The van der Waals surface area contributed by atoms with Gasteiger partial charge in [-0.25, -0.2) is 0 Å². The molecule has 0 radical (unpaired) electrons. The first-order valence-electron chi connectivity index (χ1n) is 7.91. The molecule has 0 aromatic heterocycles. The highest BCUT2D eigenvalue weighted by Crippen LogP contribution is 2.44. The minimum absolute atomic E-state index is 0.382. The van der Waals surface area contributed by atoms with Gasteiger partial charge in [0.1, 0.15) is 24.1 Å². The number of phenolic OH excluding ortho intramolecular Hbond substituents is 1. The lowest BCUT2D eigenvalue weighted by molar-refractivity contribution is -0.956. The lowest BCUT2D eigenvalue weighted by Crippen LogP contribution is -2.53. The quantitative estimate of drug-likeness (QED) is 0.819. The summed E-state index contributed by atoms with van der Waals surface area (Å²) in [6, 6.07) is 12.9. The highest BCUT2D eigenvalue weighted by Gasteiger charge is 2.42. The third-order valence-electron chi connectivity index (χ3n) is 5.49. The molecular weight excluding hydrogens is 274 g/mol. The first-order valence-corrected chi connectivity index (χ1v) is 7.91. The van der Waals surface area contributed by atoms with Crippen molar-refractivity contribution in [1.29, 1.82) is 0 Å². The van der Waals surface area contributed by atoms with Gasteiger partial charge in [0.15, 0.2) is 0 Å². The minimum Gasteiger partial charge on any atom is -0.508 e. The maximum absolute atomic E-state index is 9.75. The molecule has 2 atom stereocenters. The third kappa shape index (κ3) is 2.00. The second-order valence-corrected chi connectivity index (χ2v) is 6.85. The van der Waals surface area contributed by atoms with Crippen molar-refractivity contribution in [1.82, 2.24) is 0 Å². The van der Waals surface area contributed by atoms with E-state index in [9.17, 15) is 5.11 Å². The molecular formula is C19H22NO2+. The highest BCUT2D eigenvalue weighted by atomic mass is 16.5. The minimum atomic E-state index is 0.382. The zero-order chi connectivity index (χ0) is 15.3. The Bertz CT molecular complexity index is 740. The predicted octanol–water partition coefficient (Wildman–Crippen LogP) is 3.20. The van der Waals surface area contributed by atoms with Crippen LogP contribution in [0.25, 0.3) is 0 Å². The standard InChI is InChI=1S/C19H21NO2/c1-20-8-7-13-9-16(21)4-6-18(13)19(20)11-15-10-17(22-2)5-3-14(15)12-20/h3-6,9-10,19H,7-8,11-12H2,1-2H3/p+1. The summed E-state index contributed by atoms with van der Waals surface area (Å²) in [5.74, 6) is 1.32. The van der Waals surface area contributed by atoms with Gasteiger partial charge in [-0.3, -0.25) is 0 Å². The summed E-state index contributed by atoms with van der Waals surface area (Å²) in [6.45, 7) is 2.21. The van der Waals surface area contributed by atoms with Crippen LogP contribution in [0.4, 0.5) is 0 Å². The molecule has 0 spiro atoms. The summed E-state index contributed by atoms with van der Waals surface area (Å²) in [4.78, 5) is 0. The Hall–Kier alpha value is -2.00. The molecule has 2 aliphatic heterocycles. The lowest BCUT2D eigenvalue weighted by Gasteiger charge is -2.48. The van der Waals surface area contributed by atoms with E-state index in [1.165, 1.54) is 22.3 Å². The molecule has 0 aliphatic carbocycles. The van der Waals surface area contributed by atoms with Crippen LogP contribution >= 0.6 is 0 Å². The van der Waals surface area contributed by atoms with Crippen LogP contribution in [0, 0.1) is 0 Å². The molecule has 3 nitrogen and oxygen atoms in total. The molecule has 0 amide bonds. The molecule has 2 unspecified atom stereocenters. The van der Waals surface area contributed by atoms with Crippen molar-refractivity contribution in [2.75, 3.05) is 20.7 Å². The molecule has 2 aromatic carbocycles. The molecule has 3 heteroatoms. The van der Waals surface area contributed by atoms with Gasteiger partial charge in [-0.15, -0.1) is 0 Å². The van der Waals surface area contributed by atoms with E-state index < -0.39 is 0 Å². The number of aromatic hydroxyl groups is 1. The van der Waals surface area contributed by atoms with Gasteiger partial charge in [-0.05, 0) is 47.5 Å². The summed E-state index contributed by atoms with van der Waals surface area (Å²) in [6.07, 6.45) is 2.09. The summed E-state index contributed by atoms with van der Waals surface area (Å²) in [5, 5.41) is 9.75. The first-order chi connectivity index (χ1) is 10.6. The molecule has 1 N–H and O–H groups in total. The van der Waals surface area contributed by atoms with Crippen molar-refractivity contribution >= 4 is 0 Å². The summed E-state index contributed by atoms with van der Waals surface area (Å²) < 4.78 is 6.46. The monoisotopic (exact) mass is 296 g/mol. The number of rotatable bonds is 1. The Morgan fingerprint density at radius 3 is 2.77 bits per heavy atom. The van der Waals surface area contributed by atoms with Gasteiger partial charge < -0.3 is 14.3 Å². The maximum Gasteiger partial charge on any atom is 0.119 e. The Labute approximate surface area is 131 Å². The number of likely N-dealkylation sites (N-methyl/N-ethyl adjacent to an activating group) is 1. The van der Waals surface area contributed by atoms with Gasteiger partial charge in [0.2, 0.25) is 0 Å². The van der Waals surface area contributed by atoms with Crippen molar-refractivity contribution in [3.05, 3.63) is 58.7 Å². The smallest absolute Gasteiger partial charge is 0.119 e. The van der Waals surface area contributed by atoms with Crippen LogP contribution < -0.4 is 4.74 Å². The van der Waals surface area contributed by atoms with Crippen molar-refractivity contribution in [2.45, 2.75) is 25.4 Å². The number of benzene rings is 2. The number of phenols is 1. The zero-order valence-corrected chi connectivity index (χ0v) is 13.2. The lowest BCUT2D eigenvalue weighted by atomic mass is 9.82. The number of nitrogens with zero attached hydrogens (tertiary/aromatic N) is 1. The number of quaternary nitrogens is 1. The second-order valence-electron chi connectivity index (χ2n) is 6.85. The Kier molecular flexibility index (Phi) is 2.95. The number of fused-ring (bicyclic) bond motifs is 4. The molecule has 0 fully saturated rings. The van der Waals surface area contributed by atoms with Crippen LogP contribution in [0.15, 0.2) is 36.4 Å². The average Bonchev–Trinajstić information content (AvgIpc) is 2.52. The number of methoxy groups -OCH3 is 1. The van der Waals surface area contributed by atoms with Crippen LogP contribution in [0.5, 0.6) is 11.5 Å². The average molecular weight is 296 g/mol. The van der Waals surface area contributed by atoms with E-state index in [0.717, 1.165) is 36.2 Å². The molecule has 2 aliphatic rings. The normalized spacial score (nSPS) is 25.8. The third-order valence-corrected chi connectivity index (χ3v) is 5.49. The van der Waals surface area contributed by atoms with Crippen LogP contribution in [0.1, 0.15) is 28.3 Å². The van der Waals surface area contributed by atoms with E-state index >= 15 is 0 Å². The van der Waals surface area contributed by atoms with E-state index in [0.29, 0.717) is 11.8 Å². The van der Waals surface area contributed by atoms with Gasteiger partial charge in [-0.2, -0.15) is 0 Å². The molecule has 0 bridgehead atoms. The summed E-state index contributed by atoms with van der Waals surface area (Å²) in [5.41, 5.74) is 5.56. The van der Waals surface area contributed by atoms with Gasteiger partial charge in [0.05, 0.1) is 20.7 Å². The van der Waals surface area contributed by atoms with E-state index in [4.69, 9.17) is 4.74 Å². The fourth-order valence-corrected chi connectivity index (χ4v) is 4.19. The van der Waals surface area contributed by atoms with Crippen molar-refractivity contribution < 1.29 is 14.3 Å². The van der Waals surface area contributed by atoms with E-state index in [2.05, 4.69) is 31.3 Å². The molecule has 4 rings (SSSR count). The van der Waals surface area contributed by atoms with Gasteiger partial charge in [0.25, 0.3) is 0 Å². The summed E-state index contributed by atoms with van der Waals surface area (Å²) >= 11 is 0. The molecule has 0 saturated carbocycles. The van der Waals surface area contributed by atoms with Gasteiger partial charge >= 0.3 is 0 Å². The SMILES string of the molecule is COc1ccc2c(c1)CC1c3ccc(O)cc3CC[N+]1(C)C2. The topological polar surface area (TPSA) is 29.5 Å². The molecule has 22 heavy (non-hydrogen) atoms. The van der Waals surface area contributed by atoms with E-state index in [1.54, 1.807) is 7.11 Å². The van der Waals surface area contributed by atoms with Gasteiger partial charge in [0, 0.05) is 24.0 Å². The van der Waals surface area contributed by atoms with Crippen molar-refractivity contribution in [3.63, 3.8) is 0 Å². The molecule has 2 heterocycles. The Morgan fingerprint density at radius 2 is 1.95 bits per heavy atom.